The van der Waals surface area contributed by atoms with Gasteiger partial charge >= 0.3 is 12.0 Å². The zero-order valence-electron chi connectivity index (χ0n) is 17.8. The molecule has 1 aliphatic rings. The first kappa shape index (κ1) is 24.2. The van der Waals surface area contributed by atoms with Gasteiger partial charge in [0, 0.05) is 4.47 Å². The Hall–Kier alpha value is -2.09. The summed E-state index contributed by atoms with van der Waals surface area (Å²) in [5.41, 5.74) is 0.942. The van der Waals surface area contributed by atoms with Gasteiger partial charge in [-0.15, -0.1) is 0 Å². The number of hydrogen-bond donors (Lipinski definition) is 4. The molecule has 0 saturated heterocycles. The van der Waals surface area contributed by atoms with Crippen molar-refractivity contribution in [2.45, 2.75) is 71.0 Å². The number of benzene rings is 1. The highest BCUT2D eigenvalue weighted by molar-refractivity contribution is 9.10. The maximum Gasteiger partial charge on any atom is 0.326 e. The van der Waals surface area contributed by atoms with Crippen LogP contribution in [0.2, 0.25) is 0 Å². The molecule has 2 rings (SSSR count). The molecule has 1 fully saturated rings. The molecule has 0 radical (unpaired) electrons. The van der Waals surface area contributed by atoms with Gasteiger partial charge in [-0.2, -0.15) is 0 Å². The van der Waals surface area contributed by atoms with E-state index in [9.17, 15) is 19.5 Å². The molecule has 0 heterocycles. The third-order valence-electron chi connectivity index (χ3n) is 5.64. The minimum absolute atomic E-state index is 0.00547. The number of carbonyl (C=O) groups excluding carboxylic acids is 2. The summed E-state index contributed by atoms with van der Waals surface area (Å²) in [5, 5.41) is 17.7. The first-order valence-electron chi connectivity index (χ1n) is 10.5. The van der Waals surface area contributed by atoms with Crippen molar-refractivity contribution < 1.29 is 19.5 Å². The standard InChI is InChI=1S/C22H32BrN3O4/c1-13(2)18(21(28)29)25-20(27)19(16-7-5-4-6-8-16)26-22(30)24-14(3)15-9-11-17(23)12-10-15/h9-14,16,18-19H,4-8H2,1-3H3,(H,25,27)(H,28,29)(H2,24,26,30)/t14?,18-,19-/m0/s1. The number of urea groups is 1. The molecule has 8 heteroatoms. The Balaban J connectivity index is 2.08. The Kier molecular flexibility index (Phi) is 9.14. The highest BCUT2D eigenvalue weighted by Crippen LogP contribution is 2.27. The number of rotatable bonds is 8. The zero-order valence-corrected chi connectivity index (χ0v) is 19.4. The Morgan fingerprint density at radius 3 is 2.10 bits per heavy atom. The Bertz CT molecular complexity index is 732. The number of amides is 3. The molecule has 3 atom stereocenters. The first-order chi connectivity index (χ1) is 14.2. The molecule has 4 N–H and O–H groups in total. The SMILES string of the molecule is CC(NC(=O)N[C@H](C(=O)N[C@H](C(=O)O)C(C)C)C1CCCCC1)c1ccc(Br)cc1. The summed E-state index contributed by atoms with van der Waals surface area (Å²) >= 11 is 3.39. The Morgan fingerprint density at radius 1 is 0.967 bits per heavy atom. The quantitative estimate of drug-likeness (QED) is 0.450. The molecule has 1 saturated carbocycles. The van der Waals surface area contributed by atoms with Crippen molar-refractivity contribution in [3.05, 3.63) is 34.3 Å². The van der Waals surface area contributed by atoms with Gasteiger partial charge in [0.2, 0.25) is 5.91 Å². The number of carbonyl (C=O) groups is 3. The summed E-state index contributed by atoms with van der Waals surface area (Å²) < 4.78 is 0.954. The largest absolute Gasteiger partial charge is 0.480 e. The lowest BCUT2D eigenvalue weighted by molar-refractivity contribution is -0.143. The molecule has 3 amide bonds. The van der Waals surface area contributed by atoms with Crippen LogP contribution in [-0.4, -0.2) is 35.1 Å². The van der Waals surface area contributed by atoms with Gasteiger partial charge in [-0.1, -0.05) is 61.2 Å². The van der Waals surface area contributed by atoms with Crippen LogP contribution in [0.25, 0.3) is 0 Å². The summed E-state index contributed by atoms with van der Waals surface area (Å²) in [6.07, 6.45) is 4.78. The van der Waals surface area contributed by atoms with E-state index >= 15 is 0 Å². The monoisotopic (exact) mass is 481 g/mol. The highest BCUT2D eigenvalue weighted by Gasteiger charge is 2.34. The molecular formula is C22H32BrN3O4. The second-order valence-corrected chi connectivity index (χ2v) is 9.25. The maximum absolute atomic E-state index is 13.0. The van der Waals surface area contributed by atoms with Crippen LogP contribution < -0.4 is 16.0 Å². The normalized spacial score (nSPS) is 17.6. The van der Waals surface area contributed by atoms with Crippen molar-refractivity contribution in [3.63, 3.8) is 0 Å². The number of nitrogens with one attached hydrogen (secondary N) is 3. The highest BCUT2D eigenvalue weighted by atomic mass is 79.9. The number of aliphatic carboxylic acids is 1. The van der Waals surface area contributed by atoms with Gasteiger partial charge in [0.05, 0.1) is 6.04 Å². The first-order valence-corrected chi connectivity index (χ1v) is 11.3. The Labute approximate surface area is 186 Å². The zero-order chi connectivity index (χ0) is 22.3. The van der Waals surface area contributed by atoms with Gasteiger partial charge in [0.25, 0.3) is 0 Å². The van der Waals surface area contributed by atoms with E-state index in [1.807, 2.05) is 31.2 Å². The molecule has 30 heavy (non-hydrogen) atoms. The average Bonchev–Trinajstić information content (AvgIpc) is 2.70. The van der Waals surface area contributed by atoms with Gasteiger partial charge in [-0.05, 0) is 49.3 Å². The van der Waals surface area contributed by atoms with E-state index in [1.54, 1.807) is 13.8 Å². The van der Waals surface area contributed by atoms with Gasteiger partial charge in [0.15, 0.2) is 0 Å². The molecule has 0 bridgehead atoms. The topological polar surface area (TPSA) is 108 Å². The fourth-order valence-electron chi connectivity index (χ4n) is 3.84. The van der Waals surface area contributed by atoms with Crippen LogP contribution in [-0.2, 0) is 9.59 Å². The summed E-state index contributed by atoms with van der Waals surface area (Å²) in [6, 6.07) is 5.21. The molecular weight excluding hydrogens is 450 g/mol. The fourth-order valence-corrected chi connectivity index (χ4v) is 4.10. The minimum Gasteiger partial charge on any atom is -0.480 e. The average molecular weight is 482 g/mol. The maximum atomic E-state index is 13.0. The lowest BCUT2D eigenvalue weighted by atomic mass is 9.83. The Morgan fingerprint density at radius 2 is 1.57 bits per heavy atom. The molecule has 1 unspecified atom stereocenters. The minimum atomic E-state index is -1.07. The van der Waals surface area contributed by atoms with E-state index in [0.717, 1.165) is 42.1 Å². The van der Waals surface area contributed by atoms with E-state index in [1.165, 1.54) is 0 Å². The second-order valence-electron chi connectivity index (χ2n) is 8.34. The van der Waals surface area contributed by atoms with Crippen molar-refractivity contribution in [2.24, 2.45) is 11.8 Å². The van der Waals surface area contributed by atoms with Crippen molar-refractivity contribution >= 4 is 33.8 Å². The molecule has 7 nitrogen and oxygen atoms in total. The van der Waals surface area contributed by atoms with Crippen LogP contribution in [0.1, 0.15) is 64.5 Å². The predicted molar refractivity (Wildman–Crippen MR) is 119 cm³/mol. The molecule has 0 aliphatic heterocycles. The lowest BCUT2D eigenvalue weighted by Gasteiger charge is -2.31. The van der Waals surface area contributed by atoms with Crippen LogP contribution in [0.5, 0.6) is 0 Å². The molecule has 166 valence electrons. The molecule has 1 aromatic carbocycles. The van der Waals surface area contributed by atoms with E-state index < -0.39 is 30.0 Å². The van der Waals surface area contributed by atoms with Gasteiger partial charge in [0.1, 0.15) is 12.1 Å². The summed E-state index contributed by atoms with van der Waals surface area (Å²) in [6.45, 7) is 5.36. The number of halogens is 1. The summed E-state index contributed by atoms with van der Waals surface area (Å²) in [7, 11) is 0. The summed E-state index contributed by atoms with van der Waals surface area (Å²) in [4.78, 5) is 37.2. The number of carboxylic acid groups (broad SMARTS) is 1. The van der Waals surface area contributed by atoms with Gasteiger partial charge in [-0.3, -0.25) is 4.79 Å². The van der Waals surface area contributed by atoms with Crippen molar-refractivity contribution in [3.8, 4) is 0 Å². The van der Waals surface area contributed by atoms with E-state index in [2.05, 4.69) is 31.9 Å². The molecule has 0 aromatic heterocycles. The number of hydrogen-bond acceptors (Lipinski definition) is 3. The fraction of sp³-hybridized carbons (Fsp3) is 0.591. The van der Waals surface area contributed by atoms with Crippen LogP contribution in [0.15, 0.2) is 28.7 Å². The van der Waals surface area contributed by atoms with E-state index in [0.29, 0.717) is 0 Å². The van der Waals surface area contributed by atoms with Crippen LogP contribution in [0.4, 0.5) is 4.79 Å². The van der Waals surface area contributed by atoms with Crippen molar-refractivity contribution in [1.29, 1.82) is 0 Å². The predicted octanol–water partition coefficient (Wildman–Crippen LogP) is 3.98. The summed E-state index contributed by atoms with van der Waals surface area (Å²) in [5.74, 6) is -1.78. The smallest absolute Gasteiger partial charge is 0.326 e. The van der Waals surface area contributed by atoms with Gasteiger partial charge < -0.3 is 21.1 Å². The van der Waals surface area contributed by atoms with Crippen LogP contribution >= 0.6 is 15.9 Å². The molecule has 0 spiro atoms. The third kappa shape index (κ3) is 7.00. The van der Waals surface area contributed by atoms with E-state index in [-0.39, 0.29) is 17.9 Å². The van der Waals surface area contributed by atoms with Crippen LogP contribution in [0.3, 0.4) is 0 Å². The third-order valence-corrected chi connectivity index (χ3v) is 6.17. The van der Waals surface area contributed by atoms with E-state index in [4.69, 9.17) is 0 Å². The van der Waals surface area contributed by atoms with Crippen molar-refractivity contribution in [2.75, 3.05) is 0 Å². The lowest BCUT2D eigenvalue weighted by Crippen LogP contribution is -2.57. The van der Waals surface area contributed by atoms with Gasteiger partial charge in [-0.25, -0.2) is 9.59 Å². The van der Waals surface area contributed by atoms with Crippen molar-refractivity contribution in [1.82, 2.24) is 16.0 Å². The molecule has 1 aliphatic carbocycles. The molecule has 1 aromatic rings. The number of carboxylic acids is 1. The second kappa shape index (κ2) is 11.3. The van der Waals surface area contributed by atoms with Crippen LogP contribution in [0, 0.1) is 11.8 Å².